The monoisotopic (exact) mass is 352 g/mol. The molecule has 0 radical (unpaired) electrons. The van der Waals surface area contributed by atoms with Gasteiger partial charge in [-0.3, -0.25) is 14.9 Å². The lowest BCUT2D eigenvalue weighted by atomic mass is 10.1. The van der Waals surface area contributed by atoms with Crippen LogP contribution in [-0.2, 0) is 0 Å². The van der Waals surface area contributed by atoms with Gasteiger partial charge in [-0.2, -0.15) is 0 Å². The fraction of sp³-hybridized carbons (Fsp3) is 0.0714. The van der Waals surface area contributed by atoms with Crippen molar-refractivity contribution in [3.8, 4) is 0 Å². The first kappa shape index (κ1) is 15.1. The van der Waals surface area contributed by atoms with Crippen molar-refractivity contribution in [2.24, 2.45) is 0 Å². The van der Waals surface area contributed by atoms with Crippen LogP contribution in [0, 0.1) is 22.9 Å². The summed E-state index contributed by atoms with van der Waals surface area (Å²) in [7, 11) is 0. The molecule has 0 aliphatic carbocycles. The van der Waals surface area contributed by atoms with Gasteiger partial charge in [-0.25, -0.2) is 4.39 Å². The van der Waals surface area contributed by atoms with E-state index in [1.54, 1.807) is 6.92 Å². The van der Waals surface area contributed by atoms with Gasteiger partial charge in [0.15, 0.2) is 0 Å². The van der Waals surface area contributed by atoms with Crippen LogP contribution >= 0.6 is 15.9 Å². The highest BCUT2D eigenvalue weighted by molar-refractivity contribution is 9.10. The molecule has 1 amide bonds. The van der Waals surface area contributed by atoms with E-state index in [0.29, 0.717) is 10.0 Å². The third-order valence-corrected chi connectivity index (χ3v) is 3.34. The Hall–Kier alpha value is -2.28. The molecule has 0 unspecified atom stereocenters. The van der Waals surface area contributed by atoms with Crippen molar-refractivity contribution in [1.29, 1.82) is 0 Å². The maximum absolute atomic E-state index is 13.2. The molecular formula is C14H10BrFN2O3. The molecule has 0 aliphatic rings. The Morgan fingerprint density at radius 3 is 2.67 bits per heavy atom. The van der Waals surface area contributed by atoms with Crippen LogP contribution in [0.25, 0.3) is 0 Å². The smallest absolute Gasteiger partial charge is 0.282 e. The number of carbonyl (C=O) groups excluding carboxylic acids is 1. The lowest BCUT2D eigenvalue weighted by Crippen LogP contribution is -2.15. The molecule has 0 saturated carbocycles. The number of anilines is 1. The number of nitro benzene ring substituents is 1. The number of amides is 1. The van der Waals surface area contributed by atoms with Crippen molar-refractivity contribution in [1.82, 2.24) is 0 Å². The number of hydrogen-bond donors (Lipinski definition) is 1. The Morgan fingerprint density at radius 1 is 1.29 bits per heavy atom. The molecule has 108 valence electrons. The summed E-state index contributed by atoms with van der Waals surface area (Å²) in [6.45, 7) is 1.70. The summed E-state index contributed by atoms with van der Waals surface area (Å²) in [4.78, 5) is 22.5. The first-order valence-electron chi connectivity index (χ1n) is 5.90. The number of nitrogens with zero attached hydrogens (tertiary/aromatic N) is 1. The topological polar surface area (TPSA) is 72.2 Å². The van der Waals surface area contributed by atoms with Crippen LogP contribution in [0.5, 0.6) is 0 Å². The van der Waals surface area contributed by atoms with E-state index in [0.717, 1.165) is 6.07 Å². The molecule has 0 bridgehead atoms. The minimum Gasteiger partial charge on any atom is -0.321 e. The van der Waals surface area contributed by atoms with Crippen LogP contribution in [-0.4, -0.2) is 10.8 Å². The Morgan fingerprint density at radius 2 is 2.00 bits per heavy atom. The lowest BCUT2D eigenvalue weighted by molar-refractivity contribution is -0.385. The van der Waals surface area contributed by atoms with Crippen molar-refractivity contribution < 1.29 is 14.1 Å². The van der Waals surface area contributed by atoms with Crippen molar-refractivity contribution in [3.05, 3.63) is 67.9 Å². The highest BCUT2D eigenvalue weighted by atomic mass is 79.9. The Balaban J connectivity index is 2.39. The second-order valence-electron chi connectivity index (χ2n) is 4.33. The summed E-state index contributed by atoms with van der Waals surface area (Å²) in [5.74, 6) is -1.17. The second kappa shape index (κ2) is 6.01. The van der Waals surface area contributed by atoms with Gasteiger partial charge >= 0.3 is 0 Å². The fourth-order valence-electron chi connectivity index (χ4n) is 1.77. The van der Waals surface area contributed by atoms with Crippen LogP contribution in [0.1, 0.15) is 15.9 Å². The summed E-state index contributed by atoms with van der Waals surface area (Å²) < 4.78 is 13.7. The quantitative estimate of drug-likeness (QED) is 0.668. The summed E-state index contributed by atoms with van der Waals surface area (Å²) in [6.07, 6.45) is 0. The zero-order chi connectivity index (χ0) is 15.6. The Bertz CT molecular complexity index is 734. The maximum Gasteiger partial charge on any atom is 0.282 e. The van der Waals surface area contributed by atoms with E-state index in [9.17, 15) is 19.3 Å². The summed E-state index contributed by atoms with van der Waals surface area (Å²) in [5.41, 5.74) is 0.513. The van der Waals surface area contributed by atoms with Crippen LogP contribution in [0.15, 0.2) is 40.9 Å². The van der Waals surface area contributed by atoms with E-state index in [-0.39, 0.29) is 16.9 Å². The molecule has 0 aliphatic heterocycles. The number of aryl methyl sites for hydroxylation is 1. The highest BCUT2D eigenvalue weighted by Crippen LogP contribution is 2.25. The minimum atomic E-state index is -0.670. The Labute approximate surface area is 128 Å². The second-order valence-corrected chi connectivity index (χ2v) is 5.25. The number of rotatable bonds is 3. The predicted molar refractivity (Wildman–Crippen MR) is 79.9 cm³/mol. The first-order valence-corrected chi connectivity index (χ1v) is 6.69. The number of nitro groups is 1. The van der Waals surface area contributed by atoms with E-state index in [4.69, 9.17) is 0 Å². The average molecular weight is 353 g/mol. The molecule has 2 aromatic rings. The van der Waals surface area contributed by atoms with Crippen LogP contribution in [0.3, 0.4) is 0 Å². The zero-order valence-corrected chi connectivity index (χ0v) is 12.5. The van der Waals surface area contributed by atoms with Gasteiger partial charge in [-0.1, -0.05) is 22.0 Å². The van der Waals surface area contributed by atoms with Gasteiger partial charge in [0.05, 0.1) is 4.92 Å². The maximum atomic E-state index is 13.2. The molecule has 0 saturated heterocycles. The highest BCUT2D eigenvalue weighted by Gasteiger charge is 2.21. The minimum absolute atomic E-state index is 0.0990. The largest absolute Gasteiger partial charge is 0.321 e. The molecule has 0 fully saturated rings. The molecule has 1 N–H and O–H groups in total. The van der Waals surface area contributed by atoms with Crippen molar-refractivity contribution in [2.75, 3.05) is 5.32 Å². The van der Waals surface area contributed by atoms with Gasteiger partial charge < -0.3 is 5.32 Å². The van der Waals surface area contributed by atoms with E-state index in [2.05, 4.69) is 21.2 Å². The number of nitrogens with one attached hydrogen (secondary N) is 1. The van der Waals surface area contributed by atoms with E-state index in [1.807, 2.05) is 0 Å². The fourth-order valence-corrected chi connectivity index (χ4v) is 2.13. The SMILES string of the molecule is Cc1ccc(F)cc1NC(=O)c1cc(Br)ccc1[N+](=O)[O-]. The summed E-state index contributed by atoms with van der Waals surface area (Å²) in [5, 5.41) is 13.4. The molecular weight excluding hydrogens is 343 g/mol. The van der Waals surface area contributed by atoms with Gasteiger partial charge in [0.25, 0.3) is 11.6 Å². The molecule has 0 aromatic heterocycles. The molecule has 0 heterocycles. The molecule has 5 nitrogen and oxygen atoms in total. The van der Waals surface area contributed by atoms with Crippen LogP contribution in [0.2, 0.25) is 0 Å². The zero-order valence-electron chi connectivity index (χ0n) is 10.9. The van der Waals surface area contributed by atoms with Gasteiger partial charge in [0.1, 0.15) is 11.4 Å². The third-order valence-electron chi connectivity index (χ3n) is 2.85. The third kappa shape index (κ3) is 3.43. The van der Waals surface area contributed by atoms with Crippen molar-refractivity contribution in [3.63, 3.8) is 0 Å². The number of hydrogen-bond acceptors (Lipinski definition) is 3. The molecule has 0 atom stereocenters. The van der Waals surface area contributed by atoms with Crippen LogP contribution in [0.4, 0.5) is 15.8 Å². The average Bonchev–Trinajstić information content (AvgIpc) is 2.42. The summed E-state index contributed by atoms with van der Waals surface area (Å²) in [6, 6.07) is 8.01. The molecule has 21 heavy (non-hydrogen) atoms. The van der Waals surface area contributed by atoms with Gasteiger partial charge in [0, 0.05) is 16.2 Å². The lowest BCUT2D eigenvalue weighted by Gasteiger charge is -2.09. The van der Waals surface area contributed by atoms with Gasteiger partial charge in [0.2, 0.25) is 0 Å². The standard InChI is InChI=1S/C14H10BrFN2O3/c1-8-2-4-10(16)7-12(8)17-14(19)11-6-9(15)3-5-13(11)18(20)21/h2-7H,1H3,(H,17,19). The summed E-state index contributed by atoms with van der Waals surface area (Å²) >= 11 is 3.16. The molecule has 2 aromatic carbocycles. The van der Waals surface area contributed by atoms with Crippen molar-refractivity contribution >= 4 is 33.2 Å². The van der Waals surface area contributed by atoms with Crippen molar-refractivity contribution in [2.45, 2.75) is 6.92 Å². The first-order chi connectivity index (χ1) is 9.88. The van der Waals surface area contributed by atoms with E-state index >= 15 is 0 Å². The molecule has 7 heteroatoms. The Kier molecular flexibility index (Phi) is 4.32. The normalized spacial score (nSPS) is 10.2. The molecule has 2 rings (SSSR count). The predicted octanol–water partition coefficient (Wildman–Crippen LogP) is 4.06. The number of carbonyl (C=O) groups is 1. The number of benzene rings is 2. The van der Waals surface area contributed by atoms with E-state index < -0.39 is 16.6 Å². The van der Waals surface area contributed by atoms with Crippen LogP contribution < -0.4 is 5.32 Å². The van der Waals surface area contributed by atoms with Gasteiger partial charge in [-0.05, 0) is 36.8 Å². The number of halogens is 2. The van der Waals surface area contributed by atoms with Gasteiger partial charge in [-0.15, -0.1) is 0 Å². The van der Waals surface area contributed by atoms with E-state index in [1.165, 1.54) is 30.3 Å². The molecule has 0 spiro atoms.